The van der Waals surface area contributed by atoms with Gasteiger partial charge < -0.3 is 4.74 Å². The number of benzene rings is 2. The Morgan fingerprint density at radius 2 is 1.87 bits per heavy atom. The summed E-state index contributed by atoms with van der Waals surface area (Å²) in [6.07, 6.45) is 2.74. The second-order valence-electron chi connectivity index (χ2n) is 6.28. The molecule has 0 aromatic heterocycles. The highest BCUT2D eigenvalue weighted by atomic mass is 16.5. The van der Waals surface area contributed by atoms with Gasteiger partial charge in [0.1, 0.15) is 5.54 Å². The molecule has 1 saturated heterocycles. The molecule has 2 aromatic carbocycles. The molecule has 23 heavy (non-hydrogen) atoms. The number of carbonyl (C=O) groups is 1. The summed E-state index contributed by atoms with van der Waals surface area (Å²) >= 11 is 0. The van der Waals surface area contributed by atoms with E-state index in [-0.39, 0.29) is 17.6 Å². The van der Waals surface area contributed by atoms with E-state index < -0.39 is 0 Å². The Morgan fingerprint density at radius 1 is 1.13 bits per heavy atom. The van der Waals surface area contributed by atoms with Crippen molar-refractivity contribution in [2.24, 2.45) is 0 Å². The van der Waals surface area contributed by atoms with Gasteiger partial charge in [0.25, 0.3) is 5.91 Å². The van der Waals surface area contributed by atoms with Crippen LogP contribution in [0.15, 0.2) is 54.6 Å². The number of ether oxygens (including phenoxy) is 1. The predicted molar refractivity (Wildman–Crippen MR) is 90.4 cm³/mol. The molecule has 1 aliphatic carbocycles. The number of amides is 1. The van der Waals surface area contributed by atoms with E-state index in [9.17, 15) is 4.79 Å². The third-order valence-corrected chi connectivity index (χ3v) is 5.11. The zero-order valence-corrected chi connectivity index (χ0v) is 13.4. The van der Waals surface area contributed by atoms with E-state index >= 15 is 0 Å². The molecule has 2 aliphatic rings. The number of para-hydroxylation sites is 1. The summed E-state index contributed by atoms with van der Waals surface area (Å²) in [6, 6.07) is 18.5. The second kappa shape index (κ2) is 5.50. The number of aryl methyl sites for hydroxylation is 1. The van der Waals surface area contributed by atoms with Crippen LogP contribution in [-0.2, 0) is 21.5 Å². The largest absolute Gasteiger partial charge is 0.366 e. The molecule has 0 N–H and O–H groups in total. The van der Waals surface area contributed by atoms with Crippen molar-refractivity contribution in [3.05, 3.63) is 65.7 Å². The molecule has 0 radical (unpaired) electrons. The fraction of sp³-hybridized carbons (Fsp3) is 0.350. The van der Waals surface area contributed by atoms with E-state index in [1.54, 1.807) is 0 Å². The van der Waals surface area contributed by atoms with Gasteiger partial charge in [-0.25, -0.2) is 0 Å². The first-order valence-corrected chi connectivity index (χ1v) is 8.38. The minimum atomic E-state index is -0.367. The quantitative estimate of drug-likeness (QED) is 0.810. The Bertz CT molecular complexity index is 727. The first kappa shape index (κ1) is 14.5. The molecule has 1 fully saturated rings. The first-order chi connectivity index (χ1) is 11.3. The molecule has 2 aromatic rings. The van der Waals surface area contributed by atoms with Gasteiger partial charge >= 0.3 is 0 Å². The zero-order valence-electron chi connectivity index (χ0n) is 13.4. The van der Waals surface area contributed by atoms with E-state index in [0.717, 1.165) is 24.9 Å². The maximum Gasteiger partial charge on any atom is 0.259 e. The number of β-lactam (4-membered cyclic amide) rings is 1. The van der Waals surface area contributed by atoms with Crippen molar-refractivity contribution < 1.29 is 9.53 Å². The van der Waals surface area contributed by atoms with Gasteiger partial charge in [0.2, 0.25) is 0 Å². The van der Waals surface area contributed by atoms with E-state index in [4.69, 9.17) is 4.74 Å². The van der Waals surface area contributed by atoms with E-state index in [0.29, 0.717) is 6.61 Å². The topological polar surface area (TPSA) is 29.5 Å². The summed E-state index contributed by atoms with van der Waals surface area (Å²) in [7, 11) is 0. The van der Waals surface area contributed by atoms with Crippen LogP contribution in [0, 0.1) is 0 Å². The van der Waals surface area contributed by atoms with Gasteiger partial charge in [-0.05, 0) is 49.4 Å². The summed E-state index contributed by atoms with van der Waals surface area (Å²) in [5.74, 6) is 0.0785. The molecule has 3 heteroatoms. The van der Waals surface area contributed by atoms with Gasteiger partial charge in [0, 0.05) is 12.3 Å². The van der Waals surface area contributed by atoms with Gasteiger partial charge in [0.05, 0.1) is 0 Å². The number of nitrogens with zero attached hydrogens (tertiary/aromatic N) is 1. The molecule has 0 bridgehead atoms. The third-order valence-electron chi connectivity index (χ3n) is 5.11. The van der Waals surface area contributed by atoms with Crippen molar-refractivity contribution in [3.8, 4) is 0 Å². The average molecular weight is 307 g/mol. The van der Waals surface area contributed by atoms with Gasteiger partial charge in [-0.15, -0.1) is 0 Å². The van der Waals surface area contributed by atoms with Crippen LogP contribution in [0.5, 0.6) is 0 Å². The summed E-state index contributed by atoms with van der Waals surface area (Å²) in [5.41, 5.74) is 3.22. The molecule has 1 aliphatic heterocycles. The Hall–Kier alpha value is -2.13. The van der Waals surface area contributed by atoms with Gasteiger partial charge in [-0.2, -0.15) is 0 Å². The van der Waals surface area contributed by atoms with Crippen molar-refractivity contribution in [1.82, 2.24) is 0 Å². The lowest BCUT2D eigenvalue weighted by Crippen LogP contribution is -2.74. The summed E-state index contributed by atoms with van der Waals surface area (Å²) in [4.78, 5) is 14.8. The van der Waals surface area contributed by atoms with E-state index in [2.05, 4.69) is 24.3 Å². The minimum Gasteiger partial charge on any atom is -0.366 e. The Labute approximate surface area is 136 Å². The standard InChI is InChI=1S/C20H21NO2/c1-2-23-18-19(22)21(16-11-4-3-5-12-16)20(18)14-8-10-15-9-6-7-13-17(15)20/h3-7,9,11-13,18H,2,8,10,14H2,1H3. The Balaban J connectivity index is 1.87. The normalized spacial score (nSPS) is 26.0. The van der Waals surface area contributed by atoms with Crippen molar-refractivity contribution in [1.29, 1.82) is 0 Å². The molecular weight excluding hydrogens is 286 g/mol. The molecular formula is C20H21NO2. The lowest BCUT2D eigenvalue weighted by Gasteiger charge is -2.59. The number of anilines is 1. The van der Waals surface area contributed by atoms with E-state index in [1.807, 2.05) is 42.2 Å². The van der Waals surface area contributed by atoms with Crippen LogP contribution in [-0.4, -0.2) is 18.6 Å². The maximum absolute atomic E-state index is 12.8. The summed E-state index contributed by atoms with van der Waals surface area (Å²) < 4.78 is 5.90. The first-order valence-electron chi connectivity index (χ1n) is 8.38. The van der Waals surface area contributed by atoms with Crippen LogP contribution in [0.2, 0.25) is 0 Å². The average Bonchev–Trinajstić information content (AvgIpc) is 2.61. The Morgan fingerprint density at radius 3 is 2.65 bits per heavy atom. The van der Waals surface area contributed by atoms with E-state index in [1.165, 1.54) is 11.1 Å². The van der Waals surface area contributed by atoms with Gasteiger partial charge in [-0.1, -0.05) is 42.5 Å². The van der Waals surface area contributed by atoms with Crippen LogP contribution in [0.1, 0.15) is 30.9 Å². The molecule has 1 heterocycles. The fourth-order valence-corrected chi connectivity index (χ4v) is 4.23. The van der Waals surface area contributed by atoms with Crippen LogP contribution in [0.4, 0.5) is 5.69 Å². The number of hydrogen-bond acceptors (Lipinski definition) is 2. The van der Waals surface area contributed by atoms with Gasteiger partial charge in [-0.3, -0.25) is 9.69 Å². The monoisotopic (exact) mass is 307 g/mol. The number of hydrogen-bond donors (Lipinski definition) is 0. The molecule has 1 amide bonds. The maximum atomic E-state index is 12.8. The molecule has 1 spiro atoms. The number of fused-ring (bicyclic) bond motifs is 2. The molecule has 0 saturated carbocycles. The van der Waals surface area contributed by atoms with Crippen molar-refractivity contribution in [3.63, 3.8) is 0 Å². The molecule has 118 valence electrons. The van der Waals surface area contributed by atoms with Crippen molar-refractivity contribution >= 4 is 11.6 Å². The molecule has 3 nitrogen and oxygen atoms in total. The van der Waals surface area contributed by atoms with Gasteiger partial charge in [0.15, 0.2) is 6.10 Å². The van der Waals surface area contributed by atoms with Crippen LogP contribution in [0.3, 0.4) is 0 Å². The predicted octanol–water partition coefficient (Wildman–Crippen LogP) is 3.67. The fourth-order valence-electron chi connectivity index (χ4n) is 4.23. The second-order valence-corrected chi connectivity index (χ2v) is 6.28. The highest BCUT2D eigenvalue weighted by Gasteiger charge is 2.63. The molecule has 2 unspecified atom stereocenters. The summed E-state index contributed by atoms with van der Waals surface area (Å²) in [6.45, 7) is 2.52. The van der Waals surface area contributed by atoms with Crippen LogP contribution < -0.4 is 4.90 Å². The minimum absolute atomic E-state index is 0.0785. The smallest absolute Gasteiger partial charge is 0.259 e. The SMILES string of the molecule is CCOC1C(=O)N(c2ccccc2)C12CCCc1ccccc12. The van der Waals surface area contributed by atoms with Crippen LogP contribution in [0.25, 0.3) is 0 Å². The highest BCUT2D eigenvalue weighted by Crippen LogP contribution is 2.52. The zero-order chi connectivity index (χ0) is 15.9. The number of carbonyl (C=O) groups excluding carboxylic acids is 1. The third kappa shape index (κ3) is 1.96. The Kier molecular flexibility index (Phi) is 3.46. The van der Waals surface area contributed by atoms with Crippen molar-refractivity contribution in [2.75, 3.05) is 11.5 Å². The van der Waals surface area contributed by atoms with Crippen LogP contribution >= 0.6 is 0 Å². The molecule has 4 rings (SSSR count). The van der Waals surface area contributed by atoms with Crippen molar-refractivity contribution in [2.45, 2.75) is 37.8 Å². The molecule has 2 atom stereocenters. The number of rotatable bonds is 3. The summed E-state index contributed by atoms with van der Waals surface area (Å²) in [5, 5.41) is 0. The lowest BCUT2D eigenvalue weighted by molar-refractivity contribution is -0.152. The lowest BCUT2D eigenvalue weighted by atomic mass is 9.66. The highest BCUT2D eigenvalue weighted by molar-refractivity contribution is 6.07.